The van der Waals surface area contributed by atoms with Crippen molar-refractivity contribution in [3.05, 3.63) is 0 Å². The molecule has 2 nitrogen and oxygen atoms in total. The fourth-order valence-electron chi connectivity index (χ4n) is 3.15. The molecule has 0 aromatic rings. The smallest absolute Gasteiger partial charge is 0.0107 e. The summed E-state index contributed by atoms with van der Waals surface area (Å²) in [4.78, 5) is 2.62. The maximum atomic E-state index is 3.62. The Morgan fingerprint density at radius 2 is 1.62 bits per heavy atom. The Labute approximate surface area is 101 Å². The van der Waals surface area contributed by atoms with Gasteiger partial charge in [0.05, 0.1) is 0 Å². The summed E-state index contributed by atoms with van der Waals surface area (Å²) in [7, 11) is 0. The third-order valence-electron chi connectivity index (χ3n) is 4.26. The average Bonchev–Trinajstić information content (AvgIpc) is 2.83. The number of hydrogen-bond acceptors (Lipinski definition) is 2. The Hall–Kier alpha value is -0.0800. The van der Waals surface area contributed by atoms with Crippen LogP contribution in [0, 0.1) is 5.92 Å². The molecule has 2 aliphatic rings. The van der Waals surface area contributed by atoms with Crippen molar-refractivity contribution >= 4 is 0 Å². The number of piperidine rings is 1. The molecule has 0 spiro atoms. The number of rotatable bonds is 6. The van der Waals surface area contributed by atoms with Crippen molar-refractivity contribution in [3.8, 4) is 0 Å². The van der Waals surface area contributed by atoms with Crippen LogP contribution in [0.15, 0.2) is 0 Å². The van der Waals surface area contributed by atoms with Gasteiger partial charge in [0.1, 0.15) is 0 Å². The second-order valence-corrected chi connectivity index (χ2v) is 5.59. The summed E-state index contributed by atoms with van der Waals surface area (Å²) in [5.41, 5.74) is 0. The molecule has 1 N–H and O–H groups in total. The van der Waals surface area contributed by atoms with Crippen molar-refractivity contribution in [2.45, 2.75) is 51.4 Å². The molecule has 16 heavy (non-hydrogen) atoms. The predicted molar refractivity (Wildman–Crippen MR) is 69.7 cm³/mol. The Balaban J connectivity index is 1.42. The van der Waals surface area contributed by atoms with E-state index in [0.29, 0.717) is 0 Å². The van der Waals surface area contributed by atoms with Gasteiger partial charge in [0.15, 0.2) is 0 Å². The molecule has 1 aliphatic heterocycles. The van der Waals surface area contributed by atoms with E-state index < -0.39 is 0 Å². The number of nitrogens with zero attached hydrogens (tertiary/aromatic N) is 1. The fourth-order valence-corrected chi connectivity index (χ4v) is 3.15. The Morgan fingerprint density at radius 3 is 2.38 bits per heavy atom. The first-order valence-electron chi connectivity index (χ1n) is 7.38. The van der Waals surface area contributed by atoms with Gasteiger partial charge in [-0.1, -0.05) is 32.1 Å². The van der Waals surface area contributed by atoms with Crippen LogP contribution in [0.2, 0.25) is 0 Å². The molecule has 1 aliphatic carbocycles. The van der Waals surface area contributed by atoms with E-state index in [9.17, 15) is 0 Å². The molecular weight excluding hydrogens is 196 g/mol. The van der Waals surface area contributed by atoms with E-state index >= 15 is 0 Å². The monoisotopic (exact) mass is 224 g/mol. The molecule has 94 valence electrons. The first kappa shape index (κ1) is 12.4. The lowest BCUT2D eigenvalue weighted by atomic mass is 10.0. The highest BCUT2D eigenvalue weighted by atomic mass is 15.1. The zero-order chi connectivity index (χ0) is 11.1. The van der Waals surface area contributed by atoms with Crippen LogP contribution in [0.25, 0.3) is 0 Å². The highest BCUT2D eigenvalue weighted by Gasteiger charge is 2.14. The number of hydrogen-bond donors (Lipinski definition) is 1. The molecule has 0 unspecified atom stereocenters. The molecule has 2 rings (SSSR count). The minimum Gasteiger partial charge on any atom is -0.315 e. The van der Waals surface area contributed by atoms with Gasteiger partial charge in [-0.2, -0.15) is 0 Å². The summed E-state index contributed by atoms with van der Waals surface area (Å²) < 4.78 is 0. The minimum atomic E-state index is 1.04. The molecule has 0 aromatic heterocycles. The predicted octanol–water partition coefficient (Wildman–Crippen LogP) is 2.64. The normalized spacial score (nSPS) is 24.0. The van der Waals surface area contributed by atoms with Gasteiger partial charge in [-0.05, 0) is 44.8 Å². The van der Waals surface area contributed by atoms with Crippen molar-refractivity contribution in [3.63, 3.8) is 0 Å². The molecular formula is C14H28N2. The molecule has 1 saturated heterocycles. The van der Waals surface area contributed by atoms with Crippen LogP contribution in [0.1, 0.15) is 51.4 Å². The van der Waals surface area contributed by atoms with Crippen molar-refractivity contribution in [2.24, 2.45) is 5.92 Å². The van der Waals surface area contributed by atoms with Gasteiger partial charge < -0.3 is 10.2 Å². The zero-order valence-electron chi connectivity index (χ0n) is 10.7. The summed E-state index contributed by atoms with van der Waals surface area (Å²) in [5.74, 6) is 1.04. The van der Waals surface area contributed by atoms with E-state index in [2.05, 4.69) is 10.2 Å². The van der Waals surface area contributed by atoms with Gasteiger partial charge in [-0.25, -0.2) is 0 Å². The topological polar surface area (TPSA) is 15.3 Å². The van der Waals surface area contributed by atoms with E-state index in [0.717, 1.165) is 5.92 Å². The van der Waals surface area contributed by atoms with Crippen molar-refractivity contribution < 1.29 is 0 Å². The Kier molecular flexibility index (Phi) is 5.64. The van der Waals surface area contributed by atoms with E-state index in [1.807, 2.05) is 0 Å². The van der Waals surface area contributed by atoms with E-state index in [1.54, 1.807) is 0 Å². The molecule has 0 radical (unpaired) electrons. The van der Waals surface area contributed by atoms with Gasteiger partial charge in [0.2, 0.25) is 0 Å². The maximum absolute atomic E-state index is 3.62. The van der Waals surface area contributed by atoms with Crippen LogP contribution in [0.4, 0.5) is 0 Å². The van der Waals surface area contributed by atoms with Crippen LogP contribution >= 0.6 is 0 Å². The first-order valence-corrected chi connectivity index (χ1v) is 7.38. The van der Waals surface area contributed by atoms with Gasteiger partial charge in [-0.15, -0.1) is 0 Å². The second kappa shape index (κ2) is 7.29. The molecule has 2 fully saturated rings. The molecule has 0 atom stereocenters. The van der Waals surface area contributed by atoms with Crippen LogP contribution < -0.4 is 5.32 Å². The molecule has 2 heteroatoms. The average molecular weight is 224 g/mol. The van der Waals surface area contributed by atoms with E-state index in [4.69, 9.17) is 0 Å². The minimum absolute atomic E-state index is 1.04. The first-order chi connectivity index (χ1) is 7.95. The van der Waals surface area contributed by atoms with Crippen molar-refractivity contribution in [1.29, 1.82) is 0 Å². The second-order valence-electron chi connectivity index (χ2n) is 5.59. The van der Waals surface area contributed by atoms with Gasteiger partial charge in [-0.3, -0.25) is 0 Å². The lowest BCUT2D eigenvalue weighted by Crippen LogP contribution is -2.36. The molecule has 0 aromatic carbocycles. The summed E-state index contributed by atoms with van der Waals surface area (Å²) in [6, 6.07) is 0. The van der Waals surface area contributed by atoms with Gasteiger partial charge >= 0.3 is 0 Å². The molecule has 0 amide bonds. The lowest BCUT2D eigenvalue weighted by molar-refractivity contribution is 0.228. The van der Waals surface area contributed by atoms with Crippen LogP contribution in [0.5, 0.6) is 0 Å². The van der Waals surface area contributed by atoms with Crippen LogP contribution in [0.3, 0.4) is 0 Å². The van der Waals surface area contributed by atoms with E-state index in [1.165, 1.54) is 84.1 Å². The van der Waals surface area contributed by atoms with Gasteiger partial charge in [0, 0.05) is 13.1 Å². The Bertz CT molecular complexity index is 170. The summed E-state index contributed by atoms with van der Waals surface area (Å²) in [6.45, 7) is 6.39. The lowest BCUT2D eigenvalue weighted by Gasteiger charge is -2.26. The molecule has 1 saturated carbocycles. The maximum Gasteiger partial charge on any atom is 0.0107 e. The third kappa shape index (κ3) is 4.42. The number of likely N-dealkylation sites (tertiary alicyclic amines) is 1. The fraction of sp³-hybridized carbons (Fsp3) is 1.00. The standard InChI is InChI=1S/C14H28N2/c1-4-11-16(12-5-1)13-10-15-9-8-14-6-2-3-7-14/h14-15H,1-13H2. The van der Waals surface area contributed by atoms with Gasteiger partial charge in [0.25, 0.3) is 0 Å². The highest BCUT2D eigenvalue weighted by molar-refractivity contribution is 4.69. The molecule has 1 heterocycles. The van der Waals surface area contributed by atoms with Crippen LogP contribution in [-0.2, 0) is 0 Å². The van der Waals surface area contributed by atoms with Crippen molar-refractivity contribution in [2.75, 3.05) is 32.7 Å². The summed E-state index contributed by atoms with van der Waals surface area (Å²) in [5, 5.41) is 3.62. The molecule has 0 bridgehead atoms. The van der Waals surface area contributed by atoms with E-state index in [-0.39, 0.29) is 0 Å². The highest BCUT2D eigenvalue weighted by Crippen LogP contribution is 2.26. The quantitative estimate of drug-likeness (QED) is 0.698. The Morgan fingerprint density at radius 1 is 0.875 bits per heavy atom. The SMILES string of the molecule is C1CCN(CCNCCC2CCCC2)CC1. The largest absolute Gasteiger partial charge is 0.315 e. The summed E-state index contributed by atoms with van der Waals surface area (Å²) in [6.07, 6.45) is 11.7. The number of nitrogens with one attached hydrogen (secondary N) is 1. The van der Waals surface area contributed by atoms with Crippen LogP contribution in [-0.4, -0.2) is 37.6 Å². The zero-order valence-corrected chi connectivity index (χ0v) is 10.7. The summed E-state index contributed by atoms with van der Waals surface area (Å²) >= 11 is 0. The van der Waals surface area contributed by atoms with Crippen molar-refractivity contribution in [1.82, 2.24) is 10.2 Å². The third-order valence-corrected chi connectivity index (χ3v) is 4.26.